The molecule has 1 aromatic carbocycles. The summed E-state index contributed by atoms with van der Waals surface area (Å²) in [6.45, 7) is 0.487. The zero-order valence-corrected chi connectivity index (χ0v) is 10.8. The molecule has 1 amide bonds. The Balaban J connectivity index is 2.78. The van der Waals surface area contributed by atoms with Crippen molar-refractivity contribution in [2.45, 2.75) is 6.54 Å². The van der Waals surface area contributed by atoms with Gasteiger partial charge in [-0.3, -0.25) is 4.79 Å². The fraction of sp³-hybridized carbons (Fsp3) is 0.364. The fourth-order valence-corrected chi connectivity index (χ4v) is 1.71. The van der Waals surface area contributed by atoms with E-state index in [1.165, 1.54) is 7.11 Å². The summed E-state index contributed by atoms with van der Waals surface area (Å²) < 4.78 is 4.99. The van der Waals surface area contributed by atoms with Crippen LogP contribution in [0, 0.1) is 0 Å². The normalized spacial score (nSPS) is 9.94. The number of amides is 1. The van der Waals surface area contributed by atoms with Gasteiger partial charge >= 0.3 is 0 Å². The Labute approximate surface area is 103 Å². The summed E-state index contributed by atoms with van der Waals surface area (Å²) in [6, 6.07) is 5.03. The molecule has 1 aromatic rings. The Kier molecular flexibility index (Phi) is 4.61. The zero-order chi connectivity index (χ0) is 12.1. The van der Waals surface area contributed by atoms with Crippen molar-refractivity contribution in [3.05, 3.63) is 23.8 Å². The lowest BCUT2D eigenvalue weighted by Crippen LogP contribution is -2.26. The van der Waals surface area contributed by atoms with Gasteiger partial charge in [0, 0.05) is 13.6 Å². The summed E-state index contributed by atoms with van der Waals surface area (Å²) in [5.74, 6) is 0.518. The van der Waals surface area contributed by atoms with Crippen LogP contribution in [0.25, 0.3) is 0 Å². The molecular weight excluding hydrogens is 274 g/mol. The summed E-state index contributed by atoms with van der Waals surface area (Å²) in [7, 11) is 3.22. The van der Waals surface area contributed by atoms with Crippen molar-refractivity contribution in [1.82, 2.24) is 4.90 Å². The number of carbonyl (C=O) groups is 1. The van der Waals surface area contributed by atoms with Crippen LogP contribution in [0.1, 0.15) is 5.56 Å². The number of nitrogens with zero attached hydrogens (tertiary/aromatic N) is 1. The number of ether oxygens (including phenoxy) is 1. The lowest BCUT2D eigenvalue weighted by atomic mass is 10.2. The lowest BCUT2D eigenvalue weighted by molar-refractivity contribution is -0.127. The molecule has 5 heteroatoms. The van der Waals surface area contributed by atoms with Crippen LogP contribution < -0.4 is 4.74 Å². The van der Waals surface area contributed by atoms with Gasteiger partial charge in [-0.1, -0.05) is 22.0 Å². The van der Waals surface area contributed by atoms with E-state index in [1.807, 2.05) is 0 Å². The predicted molar refractivity (Wildman–Crippen MR) is 64.9 cm³/mol. The van der Waals surface area contributed by atoms with Crippen molar-refractivity contribution >= 4 is 21.8 Å². The van der Waals surface area contributed by atoms with Crippen molar-refractivity contribution in [3.8, 4) is 11.5 Å². The van der Waals surface area contributed by atoms with E-state index in [2.05, 4.69) is 15.9 Å². The average Bonchev–Trinajstić information content (AvgIpc) is 2.30. The maximum absolute atomic E-state index is 11.3. The molecule has 1 rings (SSSR count). The molecule has 0 aliphatic rings. The number of hydrogen-bond acceptors (Lipinski definition) is 3. The number of carbonyl (C=O) groups excluding carboxylic acids is 1. The maximum Gasteiger partial charge on any atom is 0.233 e. The zero-order valence-electron chi connectivity index (χ0n) is 9.24. The topological polar surface area (TPSA) is 49.8 Å². The highest BCUT2D eigenvalue weighted by Gasteiger charge is 2.09. The molecule has 0 bridgehead atoms. The van der Waals surface area contributed by atoms with E-state index in [-0.39, 0.29) is 11.7 Å². The maximum atomic E-state index is 11.3. The molecule has 16 heavy (non-hydrogen) atoms. The van der Waals surface area contributed by atoms with Crippen LogP contribution in [0.3, 0.4) is 0 Å². The second-order valence-electron chi connectivity index (χ2n) is 3.39. The molecule has 0 atom stereocenters. The largest absolute Gasteiger partial charge is 0.504 e. The summed E-state index contributed by atoms with van der Waals surface area (Å²) >= 11 is 3.11. The second kappa shape index (κ2) is 5.75. The smallest absolute Gasteiger partial charge is 0.233 e. The molecule has 0 fully saturated rings. The minimum atomic E-state index is 0.00652. The summed E-state index contributed by atoms with van der Waals surface area (Å²) in [6.07, 6.45) is 0. The molecule has 0 saturated heterocycles. The van der Waals surface area contributed by atoms with Crippen LogP contribution in [-0.4, -0.2) is 35.4 Å². The van der Waals surface area contributed by atoms with Crippen LogP contribution in [0.4, 0.5) is 0 Å². The lowest BCUT2D eigenvalue weighted by Gasteiger charge is -2.16. The SMILES string of the molecule is COc1cc(CN(C)C(=O)CBr)ccc1O. The predicted octanol–water partition coefficient (Wildman–Crippen LogP) is 1.75. The fourth-order valence-electron chi connectivity index (χ4n) is 1.28. The molecule has 0 unspecified atom stereocenters. The number of alkyl halides is 1. The molecule has 0 aromatic heterocycles. The minimum Gasteiger partial charge on any atom is -0.504 e. The van der Waals surface area contributed by atoms with Crippen LogP contribution in [0.5, 0.6) is 11.5 Å². The first-order valence-corrected chi connectivity index (χ1v) is 5.86. The molecule has 0 heterocycles. The Morgan fingerprint density at radius 1 is 1.56 bits per heavy atom. The number of rotatable bonds is 4. The third-order valence-electron chi connectivity index (χ3n) is 2.20. The van der Waals surface area contributed by atoms with E-state index in [0.29, 0.717) is 17.6 Å². The van der Waals surface area contributed by atoms with Crippen molar-refractivity contribution in [2.75, 3.05) is 19.5 Å². The van der Waals surface area contributed by atoms with Crippen LogP contribution in [-0.2, 0) is 11.3 Å². The number of benzene rings is 1. The van der Waals surface area contributed by atoms with Gasteiger partial charge in [-0.05, 0) is 17.7 Å². The number of hydrogen-bond donors (Lipinski definition) is 1. The third kappa shape index (κ3) is 3.13. The summed E-state index contributed by atoms with van der Waals surface area (Å²) in [5, 5.41) is 9.72. The van der Waals surface area contributed by atoms with Crippen molar-refractivity contribution < 1.29 is 14.6 Å². The van der Waals surface area contributed by atoms with Crippen LogP contribution in [0.15, 0.2) is 18.2 Å². The molecule has 0 radical (unpaired) electrons. The Morgan fingerprint density at radius 3 is 2.81 bits per heavy atom. The summed E-state index contributed by atoms with van der Waals surface area (Å²) in [4.78, 5) is 12.9. The number of aromatic hydroxyl groups is 1. The Bertz CT molecular complexity index is 381. The summed E-state index contributed by atoms with van der Waals surface area (Å²) in [5.41, 5.74) is 0.909. The molecule has 0 aliphatic carbocycles. The highest BCUT2D eigenvalue weighted by molar-refractivity contribution is 9.09. The highest BCUT2D eigenvalue weighted by atomic mass is 79.9. The van der Waals surface area contributed by atoms with Gasteiger partial charge in [0.05, 0.1) is 12.4 Å². The monoisotopic (exact) mass is 287 g/mol. The van der Waals surface area contributed by atoms with Crippen molar-refractivity contribution in [2.24, 2.45) is 0 Å². The molecule has 0 saturated carbocycles. The van der Waals surface area contributed by atoms with Gasteiger partial charge in [-0.2, -0.15) is 0 Å². The first-order valence-electron chi connectivity index (χ1n) is 4.74. The molecule has 4 nitrogen and oxygen atoms in total. The van der Waals surface area contributed by atoms with Crippen molar-refractivity contribution in [3.63, 3.8) is 0 Å². The molecule has 88 valence electrons. The van der Waals surface area contributed by atoms with E-state index in [0.717, 1.165) is 5.56 Å². The second-order valence-corrected chi connectivity index (χ2v) is 3.95. The standard InChI is InChI=1S/C11H14BrNO3/c1-13(11(15)6-12)7-8-3-4-9(14)10(5-8)16-2/h3-5,14H,6-7H2,1-2H3. The number of halogens is 1. The average molecular weight is 288 g/mol. The van der Waals surface area contributed by atoms with Gasteiger partial charge in [0.15, 0.2) is 11.5 Å². The molecular formula is C11H14BrNO3. The first kappa shape index (κ1) is 12.8. The van der Waals surface area contributed by atoms with E-state index >= 15 is 0 Å². The quantitative estimate of drug-likeness (QED) is 0.859. The van der Waals surface area contributed by atoms with Gasteiger partial charge < -0.3 is 14.7 Å². The minimum absolute atomic E-state index is 0.00652. The number of phenolic OH excluding ortho intramolecular Hbond substituents is 1. The van der Waals surface area contributed by atoms with Crippen molar-refractivity contribution in [1.29, 1.82) is 0 Å². The van der Waals surface area contributed by atoms with Gasteiger partial charge in [0.1, 0.15) is 0 Å². The Morgan fingerprint density at radius 2 is 2.25 bits per heavy atom. The van der Waals surface area contributed by atoms with E-state index in [9.17, 15) is 9.90 Å². The Hall–Kier alpha value is -1.23. The molecule has 0 spiro atoms. The number of methoxy groups -OCH3 is 1. The highest BCUT2D eigenvalue weighted by Crippen LogP contribution is 2.26. The molecule has 0 aliphatic heterocycles. The van der Waals surface area contributed by atoms with Crippen LogP contribution >= 0.6 is 15.9 Å². The molecule has 1 N–H and O–H groups in total. The number of phenols is 1. The van der Waals surface area contributed by atoms with Gasteiger partial charge in [0.2, 0.25) is 5.91 Å². The first-order chi connectivity index (χ1) is 7.58. The van der Waals surface area contributed by atoms with Gasteiger partial charge in [-0.25, -0.2) is 0 Å². The van der Waals surface area contributed by atoms with E-state index in [4.69, 9.17) is 4.74 Å². The third-order valence-corrected chi connectivity index (χ3v) is 2.68. The van der Waals surface area contributed by atoms with Gasteiger partial charge in [-0.15, -0.1) is 0 Å². The van der Waals surface area contributed by atoms with E-state index in [1.54, 1.807) is 30.1 Å². The van der Waals surface area contributed by atoms with Crippen LogP contribution in [0.2, 0.25) is 0 Å². The van der Waals surface area contributed by atoms with Gasteiger partial charge in [0.25, 0.3) is 0 Å². The van der Waals surface area contributed by atoms with E-state index < -0.39 is 0 Å².